The van der Waals surface area contributed by atoms with Crippen LogP contribution in [-0.4, -0.2) is 51.3 Å². The van der Waals surface area contributed by atoms with Crippen LogP contribution in [0.5, 0.6) is 5.75 Å². The molecule has 0 aliphatic heterocycles. The van der Waals surface area contributed by atoms with E-state index in [1.165, 1.54) is 6.92 Å². The number of carbonyl (C=O) groups excluding carboxylic acids is 1. The van der Waals surface area contributed by atoms with Crippen LogP contribution in [0.15, 0.2) is 29.3 Å². The van der Waals surface area contributed by atoms with Crippen LogP contribution < -0.4 is 20.7 Å². The van der Waals surface area contributed by atoms with E-state index in [4.69, 9.17) is 9.47 Å². The van der Waals surface area contributed by atoms with Crippen LogP contribution in [0, 0.1) is 5.92 Å². The highest BCUT2D eigenvalue weighted by Crippen LogP contribution is 2.17. The first-order chi connectivity index (χ1) is 13.0. The molecule has 0 radical (unpaired) electrons. The Morgan fingerprint density at radius 1 is 1.21 bits per heavy atom. The highest BCUT2D eigenvalue weighted by atomic mass is 127. The molecule has 0 heterocycles. The standard InChI is InChI=1S/C20H34N4O3.HI/c1-6-26-19(15(2)3)10-11-22-20(21-5)23-12-13-27-18-9-7-8-17(14-18)24-16(4)25;/h7-9,14-15,19H,6,10-13H2,1-5H3,(H,24,25)(H2,21,22,23);1H. The van der Waals surface area contributed by atoms with Crippen molar-refractivity contribution in [1.29, 1.82) is 0 Å². The number of benzene rings is 1. The van der Waals surface area contributed by atoms with Gasteiger partial charge in [-0.3, -0.25) is 9.79 Å². The number of hydrogen-bond acceptors (Lipinski definition) is 4. The zero-order valence-electron chi connectivity index (χ0n) is 17.6. The summed E-state index contributed by atoms with van der Waals surface area (Å²) >= 11 is 0. The molecular formula is C20H35IN4O3. The number of anilines is 1. The van der Waals surface area contributed by atoms with E-state index in [1.54, 1.807) is 13.1 Å². The largest absolute Gasteiger partial charge is 0.492 e. The quantitative estimate of drug-likeness (QED) is 0.186. The number of hydrogen-bond donors (Lipinski definition) is 3. The Labute approximate surface area is 186 Å². The van der Waals surface area contributed by atoms with E-state index in [9.17, 15) is 4.79 Å². The van der Waals surface area contributed by atoms with Gasteiger partial charge in [-0.1, -0.05) is 19.9 Å². The van der Waals surface area contributed by atoms with Gasteiger partial charge in [-0.2, -0.15) is 0 Å². The fraction of sp³-hybridized carbons (Fsp3) is 0.600. The first-order valence-electron chi connectivity index (χ1n) is 9.52. The number of carbonyl (C=O) groups is 1. The molecule has 28 heavy (non-hydrogen) atoms. The molecule has 0 saturated carbocycles. The Morgan fingerprint density at radius 3 is 2.54 bits per heavy atom. The smallest absolute Gasteiger partial charge is 0.221 e. The number of amides is 1. The maximum Gasteiger partial charge on any atom is 0.221 e. The second-order valence-electron chi connectivity index (χ2n) is 6.51. The summed E-state index contributed by atoms with van der Waals surface area (Å²) in [4.78, 5) is 15.3. The average Bonchev–Trinajstić information content (AvgIpc) is 2.62. The predicted octanol–water partition coefficient (Wildman–Crippen LogP) is 3.26. The lowest BCUT2D eigenvalue weighted by Crippen LogP contribution is -2.40. The van der Waals surface area contributed by atoms with Crippen molar-refractivity contribution in [2.45, 2.75) is 40.2 Å². The van der Waals surface area contributed by atoms with Crippen LogP contribution in [0.1, 0.15) is 34.1 Å². The molecule has 160 valence electrons. The summed E-state index contributed by atoms with van der Waals surface area (Å²) < 4.78 is 11.5. The Kier molecular flexibility index (Phi) is 14.5. The van der Waals surface area contributed by atoms with Gasteiger partial charge in [0, 0.05) is 38.9 Å². The molecule has 0 bridgehead atoms. The second kappa shape index (κ2) is 15.4. The molecule has 8 heteroatoms. The minimum absolute atomic E-state index is 0. The Balaban J connectivity index is 0.00000729. The Hall–Kier alpha value is -1.55. The summed E-state index contributed by atoms with van der Waals surface area (Å²) in [5, 5.41) is 9.26. The van der Waals surface area contributed by atoms with E-state index >= 15 is 0 Å². The molecule has 0 aliphatic carbocycles. The van der Waals surface area contributed by atoms with Gasteiger partial charge in [-0.05, 0) is 31.4 Å². The van der Waals surface area contributed by atoms with Crippen molar-refractivity contribution in [3.05, 3.63) is 24.3 Å². The third-order valence-corrected chi connectivity index (χ3v) is 3.89. The molecular weight excluding hydrogens is 471 g/mol. The molecule has 0 fully saturated rings. The normalized spacial score (nSPS) is 12.1. The molecule has 1 atom stereocenters. The summed E-state index contributed by atoms with van der Waals surface area (Å²) in [6.45, 7) is 10.5. The van der Waals surface area contributed by atoms with Gasteiger partial charge in [0.25, 0.3) is 0 Å². The molecule has 1 rings (SSSR count). The summed E-state index contributed by atoms with van der Waals surface area (Å²) in [5.74, 6) is 1.84. The van der Waals surface area contributed by atoms with Crippen molar-refractivity contribution in [1.82, 2.24) is 10.6 Å². The van der Waals surface area contributed by atoms with Crippen molar-refractivity contribution in [3.8, 4) is 5.75 Å². The molecule has 0 aromatic heterocycles. The maximum atomic E-state index is 11.1. The van der Waals surface area contributed by atoms with Crippen LogP contribution in [0.25, 0.3) is 0 Å². The average molecular weight is 506 g/mol. The summed E-state index contributed by atoms with van der Waals surface area (Å²) in [7, 11) is 1.75. The van der Waals surface area contributed by atoms with Crippen LogP contribution in [0.4, 0.5) is 5.69 Å². The zero-order valence-corrected chi connectivity index (χ0v) is 19.9. The highest BCUT2D eigenvalue weighted by Gasteiger charge is 2.12. The molecule has 3 N–H and O–H groups in total. The summed E-state index contributed by atoms with van der Waals surface area (Å²) in [6, 6.07) is 7.33. The number of halogens is 1. The van der Waals surface area contributed by atoms with Crippen LogP contribution in [-0.2, 0) is 9.53 Å². The highest BCUT2D eigenvalue weighted by molar-refractivity contribution is 14.0. The van der Waals surface area contributed by atoms with Gasteiger partial charge < -0.3 is 25.4 Å². The number of aliphatic imine (C=N–C) groups is 1. The van der Waals surface area contributed by atoms with Gasteiger partial charge in [0.2, 0.25) is 5.91 Å². The summed E-state index contributed by atoms with van der Waals surface area (Å²) in [6.07, 6.45) is 1.18. The van der Waals surface area contributed by atoms with Gasteiger partial charge in [0.15, 0.2) is 5.96 Å². The zero-order chi connectivity index (χ0) is 20.1. The molecule has 7 nitrogen and oxygen atoms in total. The lowest BCUT2D eigenvalue weighted by Gasteiger charge is -2.21. The van der Waals surface area contributed by atoms with Crippen molar-refractivity contribution in [2.24, 2.45) is 10.9 Å². The van der Waals surface area contributed by atoms with Gasteiger partial charge in [0.1, 0.15) is 12.4 Å². The van der Waals surface area contributed by atoms with E-state index in [0.717, 1.165) is 31.2 Å². The Morgan fingerprint density at radius 2 is 1.93 bits per heavy atom. The van der Waals surface area contributed by atoms with Gasteiger partial charge in [0.05, 0.1) is 12.6 Å². The third kappa shape index (κ3) is 11.3. The van der Waals surface area contributed by atoms with E-state index in [-0.39, 0.29) is 36.0 Å². The molecule has 0 saturated heterocycles. The fourth-order valence-electron chi connectivity index (χ4n) is 2.58. The third-order valence-electron chi connectivity index (χ3n) is 3.89. The monoisotopic (exact) mass is 506 g/mol. The van der Waals surface area contributed by atoms with Crippen molar-refractivity contribution in [3.63, 3.8) is 0 Å². The van der Waals surface area contributed by atoms with E-state index in [1.807, 2.05) is 25.1 Å². The molecule has 0 spiro atoms. The van der Waals surface area contributed by atoms with E-state index in [2.05, 4.69) is 34.8 Å². The van der Waals surface area contributed by atoms with Crippen LogP contribution in [0.2, 0.25) is 0 Å². The van der Waals surface area contributed by atoms with Crippen molar-refractivity contribution < 1.29 is 14.3 Å². The lowest BCUT2D eigenvalue weighted by molar-refractivity contribution is -0.114. The Bertz CT molecular complexity index is 597. The molecule has 1 aromatic rings. The van der Waals surface area contributed by atoms with Crippen molar-refractivity contribution >= 4 is 41.5 Å². The first kappa shape index (κ1) is 26.4. The lowest BCUT2D eigenvalue weighted by atomic mass is 10.0. The maximum absolute atomic E-state index is 11.1. The SMILES string of the molecule is CCOC(CCNC(=NC)NCCOc1cccc(NC(C)=O)c1)C(C)C.I. The molecule has 1 amide bonds. The molecule has 0 aliphatic rings. The van der Waals surface area contributed by atoms with Crippen LogP contribution in [0.3, 0.4) is 0 Å². The fourth-order valence-corrected chi connectivity index (χ4v) is 2.58. The van der Waals surface area contributed by atoms with Gasteiger partial charge >= 0.3 is 0 Å². The number of nitrogens with one attached hydrogen (secondary N) is 3. The van der Waals surface area contributed by atoms with E-state index < -0.39 is 0 Å². The minimum atomic E-state index is -0.104. The molecule has 1 aromatic carbocycles. The van der Waals surface area contributed by atoms with E-state index in [0.29, 0.717) is 24.8 Å². The number of ether oxygens (including phenoxy) is 2. The summed E-state index contributed by atoms with van der Waals surface area (Å²) in [5.41, 5.74) is 0.722. The van der Waals surface area contributed by atoms with Gasteiger partial charge in [-0.25, -0.2) is 0 Å². The van der Waals surface area contributed by atoms with Crippen molar-refractivity contribution in [2.75, 3.05) is 38.7 Å². The number of guanidine groups is 1. The molecule has 1 unspecified atom stereocenters. The van der Waals surface area contributed by atoms with Gasteiger partial charge in [-0.15, -0.1) is 24.0 Å². The van der Waals surface area contributed by atoms with Crippen LogP contribution >= 0.6 is 24.0 Å². The predicted molar refractivity (Wildman–Crippen MR) is 126 cm³/mol. The second-order valence-corrected chi connectivity index (χ2v) is 6.51. The first-order valence-corrected chi connectivity index (χ1v) is 9.52. The minimum Gasteiger partial charge on any atom is -0.492 e. The number of nitrogens with zero attached hydrogens (tertiary/aromatic N) is 1. The number of rotatable bonds is 11. The topological polar surface area (TPSA) is 84.0 Å².